The van der Waals surface area contributed by atoms with E-state index in [9.17, 15) is 23.1 Å². The van der Waals surface area contributed by atoms with Crippen molar-refractivity contribution >= 4 is 23.2 Å². The van der Waals surface area contributed by atoms with Crippen LogP contribution in [0.15, 0.2) is 29.4 Å². The Hall–Kier alpha value is -1.60. The van der Waals surface area contributed by atoms with Crippen molar-refractivity contribution in [1.29, 1.82) is 0 Å². The van der Waals surface area contributed by atoms with Crippen molar-refractivity contribution in [2.75, 3.05) is 0 Å². The van der Waals surface area contributed by atoms with Gasteiger partial charge in [0.15, 0.2) is 0 Å². The molecule has 1 fully saturated rings. The minimum atomic E-state index is -5.00. The molecular formula is C16H16ClF3N2O2. The average Bonchev–Trinajstić information content (AvgIpc) is 2.68. The Morgan fingerprint density at radius 3 is 2.54 bits per heavy atom. The molecule has 1 aromatic carbocycles. The molecule has 1 aromatic rings. The van der Waals surface area contributed by atoms with Gasteiger partial charge in [0.05, 0.1) is 5.92 Å². The Labute approximate surface area is 141 Å². The van der Waals surface area contributed by atoms with Gasteiger partial charge in [0.25, 0.3) is 11.6 Å². The number of carbonyl (C=O) groups is 1. The SMILES string of the molecule is O=C(c1ccc(Cl)cc1)N1N=C2CCCCC[C@@H]2[C@@]1(O)C(F)(F)F. The Morgan fingerprint density at radius 2 is 1.92 bits per heavy atom. The normalized spacial score (nSPS) is 27.5. The third kappa shape index (κ3) is 2.69. The van der Waals surface area contributed by atoms with Crippen LogP contribution in [0.4, 0.5) is 13.2 Å². The first-order chi connectivity index (χ1) is 11.2. The van der Waals surface area contributed by atoms with Crippen LogP contribution in [0, 0.1) is 5.92 Å². The molecule has 24 heavy (non-hydrogen) atoms. The highest BCUT2D eigenvalue weighted by molar-refractivity contribution is 6.30. The molecule has 1 aliphatic heterocycles. The van der Waals surface area contributed by atoms with E-state index in [0.717, 1.165) is 6.42 Å². The fourth-order valence-corrected chi connectivity index (χ4v) is 3.44. The largest absolute Gasteiger partial charge is 0.439 e. The third-order valence-electron chi connectivity index (χ3n) is 4.57. The highest BCUT2D eigenvalue weighted by Crippen LogP contribution is 2.48. The van der Waals surface area contributed by atoms with Crippen LogP contribution in [0.3, 0.4) is 0 Å². The van der Waals surface area contributed by atoms with Crippen molar-refractivity contribution in [3.63, 3.8) is 0 Å². The van der Waals surface area contributed by atoms with Gasteiger partial charge in [0.2, 0.25) is 0 Å². The topological polar surface area (TPSA) is 52.9 Å². The second-order valence-electron chi connectivity index (χ2n) is 6.09. The van der Waals surface area contributed by atoms with Gasteiger partial charge < -0.3 is 5.11 Å². The number of rotatable bonds is 1. The number of halogens is 4. The molecule has 0 aromatic heterocycles. The molecule has 0 bridgehead atoms. The Bertz CT molecular complexity index is 675. The smallest absolute Gasteiger partial charge is 0.362 e. The lowest BCUT2D eigenvalue weighted by atomic mass is 9.87. The van der Waals surface area contributed by atoms with E-state index < -0.39 is 23.7 Å². The molecule has 2 aliphatic rings. The van der Waals surface area contributed by atoms with Crippen molar-refractivity contribution in [1.82, 2.24) is 5.01 Å². The van der Waals surface area contributed by atoms with Crippen molar-refractivity contribution in [3.05, 3.63) is 34.9 Å². The average molecular weight is 361 g/mol. The second kappa shape index (κ2) is 6.04. The third-order valence-corrected chi connectivity index (χ3v) is 4.82. The predicted molar refractivity (Wildman–Crippen MR) is 82.6 cm³/mol. The molecule has 130 valence electrons. The molecule has 1 heterocycles. The summed E-state index contributed by atoms with van der Waals surface area (Å²) in [6.45, 7) is 0. The highest BCUT2D eigenvalue weighted by atomic mass is 35.5. The summed E-state index contributed by atoms with van der Waals surface area (Å²) < 4.78 is 41.1. The number of carbonyl (C=O) groups excluding carboxylic acids is 1. The fraction of sp³-hybridized carbons (Fsp3) is 0.500. The molecule has 0 saturated heterocycles. The maximum Gasteiger partial charge on any atom is 0.439 e. The van der Waals surface area contributed by atoms with Gasteiger partial charge in [-0.1, -0.05) is 24.4 Å². The first-order valence-electron chi connectivity index (χ1n) is 7.71. The highest BCUT2D eigenvalue weighted by Gasteiger charge is 2.68. The number of hydrogen-bond donors (Lipinski definition) is 1. The van der Waals surface area contributed by atoms with E-state index in [0.29, 0.717) is 24.3 Å². The van der Waals surface area contributed by atoms with Crippen molar-refractivity contribution in [2.24, 2.45) is 11.0 Å². The molecule has 2 atom stereocenters. The number of fused-ring (bicyclic) bond motifs is 1. The lowest BCUT2D eigenvalue weighted by Crippen LogP contribution is -2.61. The zero-order valence-electron chi connectivity index (χ0n) is 12.7. The van der Waals surface area contributed by atoms with E-state index in [4.69, 9.17) is 11.6 Å². The van der Waals surface area contributed by atoms with Crippen LogP contribution in [0.25, 0.3) is 0 Å². The van der Waals surface area contributed by atoms with E-state index in [1.807, 2.05) is 0 Å². The van der Waals surface area contributed by atoms with E-state index >= 15 is 0 Å². The summed E-state index contributed by atoms with van der Waals surface area (Å²) in [5, 5.41) is 15.0. The number of alkyl halides is 3. The van der Waals surface area contributed by atoms with E-state index in [1.165, 1.54) is 24.3 Å². The second-order valence-corrected chi connectivity index (χ2v) is 6.53. The predicted octanol–water partition coefficient (Wildman–Crippen LogP) is 3.98. The number of hydrazone groups is 1. The van der Waals surface area contributed by atoms with Crippen molar-refractivity contribution < 1.29 is 23.1 Å². The maximum absolute atomic E-state index is 13.7. The molecular weight excluding hydrogens is 345 g/mol. The summed E-state index contributed by atoms with van der Waals surface area (Å²) in [5.41, 5.74) is -3.07. The van der Waals surface area contributed by atoms with E-state index in [1.54, 1.807) is 0 Å². The monoisotopic (exact) mass is 360 g/mol. The summed E-state index contributed by atoms with van der Waals surface area (Å²) in [4.78, 5) is 12.6. The van der Waals surface area contributed by atoms with Gasteiger partial charge in [0.1, 0.15) is 0 Å². The number of aliphatic hydroxyl groups is 1. The van der Waals surface area contributed by atoms with Crippen LogP contribution < -0.4 is 0 Å². The molecule has 1 saturated carbocycles. The van der Waals surface area contributed by atoms with Crippen LogP contribution in [0.1, 0.15) is 42.5 Å². The minimum Gasteiger partial charge on any atom is -0.362 e. The summed E-state index contributed by atoms with van der Waals surface area (Å²) in [7, 11) is 0. The van der Waals surface area contributed by atoms with Crippen molar-refractivity contribution in [3.8, 4) is 0 Å². The first-order valence-corrected chi connectivity index (χ1v) is 8.09. The molecule has 0 unspecified atom stereocenters. The molecule has 0 spiro atoms. The number of benzene rings is 1. The fourth-order valence-electron chi connectivity index (χ4n) is 3.31. The van der Waals surface area contributed by atoms with Gasteiger partial charge in [-0.15, -0.1) is 0 Å². The maximum atomic E-state index is 13.7. The Kier molecular flexibility index (Phi) is 4.34. The zero-order valence-corrected chi connectivity index (χ0v) is 13.4. The number of nitrogens with zero attached hydrogens (tertiary/aromatic N) is 2. The molecule has 4 nitrogen and oxygen atoms in total. The lowest BCUT2D eigenvalue weighted by molar-refractivity contribution is -0.312. The first kappa shape index (κ1) is 17.2. The van der Waals surface area contributed by atoms with Crippen LogP contribution in [-0.4, -0.2) is 33.6 Å². The van der Waals surface area contributed by atoms with Crippen LogP contribution in [-0.2, 0) is 0 Å². The van der Waals surface area contributed by atoms with Gasteiger partial charge >= 0.3 is 6.18 Å². The van der Waals surface area contributed by atoms with E-state index in [2.05, 4.69) is 5.10 Å². The van der Waals surface area contributed by atoms with Gasteiger partial charge in [0, 0.05) is 16.3 Å². The van der Waals surface area contributed by atoms with E-state index in [-0.39, 0.29) is 22.7 Å². The summed E-state index contributed by atoms with van der Waals surface area (Å²) in [6.07, 6.45) is -2.45. The molecule has 1 N–H and O–H groups in total. The summed E-state index contributed by atoms with van der Waals surface area (Å²) >= 11 is 5.74. The van der Waals surface area contributed by atoms with Crippen LogP contribution in [0.5, 0.6) is 0 Å². The van der Waals surface area contributed by atoms with Crippen LogP contribution in [0.2, 0.25) is 5.02 Å². The lowest BCUT2D eigenvalue weighted by Gasteiger charge is -2.37. The Morgan fingerprint density at radius 1 is 1.25 bits per heavy atom. The summed E-state index contributed by atoms with van der Waals surface area (Å²) in [6, 6.07) is 5.44. The minimum absolute atomic E-state index is 0.0112. The number of amides is 1. The molecule has 1 aliphatic carbocycles. The zero-order chi connectivity index (χ0) is 17.5. The molecule has 1 amide bonds. The number of hydrogen-bond acceptors (Lipinski definition) is 3. The van der Waals surface area contributed by atoms with Crippen molar-refractivity contribution in [2.45, 2.75) is 44.0 Å². The van der Waals surface area contributed by atoms with Gasteiger partial charge in [-0.3, -0.25) is 4.79 Å². The van der Waals surface area contributed by atoms with Gasteiger partial charge in [-0.25, -0.2) is 0 Å². The molecule has 8 heteroatoms. The summed E-state index contributed by atoms with van der Waals surface area (Å²) in [5.74, 6) is -2.21. The van der Waals surface area contributed by atoms with Crippen LogP contribution >= 0.6 is 11.6 Å². The standard InChI is InChI=1S/C16H16ClF3N2O2/c17-11-8-6-10(7-9-11)14(23)22-15(24,16(18,19)20)12-4-2-1-3-5-13(12)21-22/h6-9,12,24H,1-5H2/t12-,15+/m0/s1. The molecule has 3 rings (SSSR count). The van der Waals surface area contributed by atoms with Gasteiger partial charge in [-0.2, -0.15) is 23.3 Å². The quantitative estimate of drug-likeness (QED) is 0.823. The molecule has 0 radical (unpaired) electrons. The Balaban J connectivity index is 2.03. The van der Waals surface area contributed by atoms with Gasteiger partial charge in [-0.05, 0) is 43.5 Å².